The first kappa shape index (κ1) is 9.66. The summed E-state index contributed by atoms with van der Waals surface area (Å²) in [4.78, 5) is 5.85. The van der Waals surface area contributed by atoms with E-state index in [1.165, 1.54) is 21.5 Å². The van der Waals surface area contributed by atoms with E-state index in [1.54, 1.807) is 11.3 Å². The van der Waals surface area contributed by atoms with Crippen LogP contribution >= 0.6 is 11.3 Å². The quantitative estimate of drug-likeness (QED) is 0.722. The van der Waals surface area contributed by atoms with E-state index in [0.717, 1.165) is 6.42 Å². The van der Waals surface area contributed by atoms with Crippen molar-refractivity contribution in [2.75, 3.05) is 0 Å². The van der Waals surface area contributed by atoms with Gasteiger partial charge in [-0.2, -0.15) is 0 Å². The van der Waals surface area contributed by atoms with Crippen LogP contribution in [0.3, 0.4) is 0 Å². The number of aryl methyl sites for hydroxylation is 1. The highest BCUT2D eigenvalue weighted by Gasteiger charge is 2.07. The Labute approximate surface area is 88.8 Å². The van der Waals surface area contributed by atoms with Crippen molar-refractivity contribution in [1.29, 1.82) is 0 Å². The summed E-state index contributed by atoms with van der Waals surface area (Å²) in [6.45, 7) is 6.60. The van der Waals surface area contributed by atoms with Crippen molar-refractivity contribution in [2.45, 2.75) is 33.1 Å². The van der Waals surface area contributed by atoms with E-state index in [-0.39, 0.29) is 0 Å². The third-order valence-electron chi connectivity index (χ3n) is 2.52. The highest BCUT2D eigenvalue weighted by molar-refractivity contribution is 7.16. The summed E-state index contributed by atoms with van der Waals surface area (Å²) >= 11 is 1.74. The molecule has 2 heteroatoms. The Bertz CT molecular complexity index is 443. The fraction of sp³-hybridized carbons (Fsp3) is 0.417. The van der Waals surface area contributed by atoms with Gasteiger partial charge in [-0.05, 0) is 35.4 Å². The standard InChI is InChI=1S/C12H15NS/c1-4-9-7-11(8(2)3)13-12-10(9)5-6-14-12/h5-8H,4H2,1-3H3. The van der Waals surface area contributed by atoms with Crippen molar-refractivity contribution in [3.05, 3.63) is 28.8 Å². The second-order valence-electron chi connectivity index (χ2n) is 3.85. The van der Waals surface area contributed by atoms with Crippen LogP contribution in [0.1, 0.15) is 37.9 Å². The monoisotopic (exact) mass is 205 g/mol. The second kappa shape index (κ2) is 3.70. The lowest BCUT2D eigenvalue weighted by atomic mass is 10.0. The zero-order chi connectivity index (χ0) is 10.1. The summed E-state index contributed by atoms with van der Waals surface area (Å²) in [7, 11) is 0. The molecule has 0 spiro atoms. The number of thiophene rings is 1. The Hall–Kier alpha value is -0.890. The van der Waals surface area contributed by atoms with Crippen molar-refractivity contribution in [1.82, 2.24) is 4.98 Å². The number of hydrogen-bond acceptors (Lipinski definition) is 2. The van der Waals surface area contributed by atoms with Crippen LogP contribution in [-0.4, -0.2) is 4.98 Å². The Morgan fingerprint density at radius 3 is 2.86 bits per heavy atom. The van der Waals surface area contributed by atoms with Crippen LogP contribution in [0.4, 0.5) is 0 Å². The molecule has 0 unspecified atom stereocenters. The average molecular weight is 205 g/mol. The summed E-state index contributed by atoms with van der Waals surface area (Å²) < 4.78 is 0. The minimum Gasteiger partial charge on any atom is -0.242 e. The van der Waals surface area contributed by atoms with Crippen molar-refractivity contribution in [3.8, 4) is 0 Å². The van der Waals surface area contributed by atoms with Gasteiger partial charge in [0.25, 0.3) is 0 Å². The molecule has 0 fully saturated rings. The van der Waals surface area contributed by atoms with E-state index < -0.39 is 0 Å². The van der Waals surface area contributed by atoms with Crippen LogP contribution in [-0.2, 0) is 6.42 Å². The minimum absolute atomic E-state index is 0.520. The summed E-state index contributed by atoms with van der Waals surface area (Å²) in [5.41, 5.74) is 2.65. The van der Waals surface area contributed by atoms with Crippen LogP contribution in [0, 0.1) is 0 Å². The third kappa shape index (κ3) is 1.55. The molecule has 0 aliphatic carbocycles. The molecule has 74 valence electrons. The Balaban J connectivity index is 2.67. The number of fused-ring (bicyclic) bond motifs is 1. The molecule has 0 N–H and O–H groups in total. The summed E-state index contributed by atoms with van der Waals surface area (Å²) in [6, 6.07) is 4.43. The molecular formula is C12H15NS. The van der Waals surface area contributed by atoms with Gasteiger partial charge in [-0.3, -0.25) is 0 Å². The summed E-state index contributed by atoms with van der Waals surface area (Å²) in [5.74, 6) is 0.520. The number of hydrogen-bond donors (Lipinski definition) is 0. The molecule has 2 heterocycles. The molecule has 0 aliphatic rings. The van der Waals surface area contributed by atoms with Crippen molar-refractivity contribution in [3.63, 3.8) is 0 Å². The van der Waals surface area contributed by atoms with E-state index in [1.807, 2.05) is 0 Å². The first-order valence-corrected chi connectivity index (χ1v) is 5.97. The molecule has 1 nitrogen and oxygen atoms in total. The van der Waals surface area contributed by atoms with Gasteiger partial charge in [0.1, 0.15) is 4.83 Å². The largest absolute Gasteiger partial charge is 0.242 e. The maximum atomic E-state index is 4.66. The highest BCUT2D eigenvalue weighted by atomic mass is 32.1. The molecule has 0 aromatic carbocycles. The summed E-state index contributed by atoms with van der Waals surface area (Å²) in [6.07, 6.45) is 1.09. The maximum absolute atomic E-state index is 4.66. The normalized spacial score (nSPS) is 11.4. The van der Waals surface area contributed by atoms with Crippen LogP contribution in [0.2, 0.25) is 0 Å². The lowest BCUT2D eigenvalue weighted by molar-refractivity contribution is 0.827. The minimum atomic E-state index is 0.520. The van der Waals surface area contributed by atoms with E-state index in [0.29, 0.717) is 5.92 Å². The van der Waals surface area contributed by atoms with Crippen LogP contribution in [0.25, 0.3) is 10.2 Å². The molecule has 0 aliphatic heterocycles. The van der Waals surface area contributed by atoms with E-state index in [4.69, 9.17) is 0 Å². The lowest BCUT2D eigenvalue weighted by Gasteiger charge is -2.07. The first-order chi connectivity index (χ1) is 6.72. The zero-order valence-corrected chi connectivity index (χ0v) is 9.69. The fourth-order valence-corrected chi connectivity index (χ4v) is 2.44. The molecule has 0 atom stereocenters. The lowest BCUT2D eigenvalue weighted by Crippen LogP contribution is -1.94. The zero-order valence-electron chi connectivity index (χ0n) is 8.87. The molecule has 0 saturated carbocycles. The van der Waals surface area contributed by atoms with Crippen molar-refractivity contribution < 1.29 is 0 Å². The molecule has 0 amide bonds. The van der Waals surface area contributed by atoms with Crippen LogP contribution < -0.4 is 0 Å². The number of pyridine rings is 1. The molecule has 2 rings (SSSR count). The second-order valence-corrected chi connectivity index (χ2v) is 4.75. The average Bonchev–Trinajstić information content (AvgIpc) is 2.63. The maximum Gasteiger partial charge on any atom is 0.123 e. The number of aromatic nitrogens is 1. The van der Waals surface area contributed by atoms with Gasteiger partial charge in [-0.15, -0.1) is 11.3 Å². The van der Waals surface area contributed by atoms with Gasteiger partial charge in [0.05, 0.1) is 0 Å². The molecule has 0 bridgehead atoms. The highest BCUT2D eigenvalue weighted by Crippen LogP contribution is 2.26. The topological polar surface area (TPSA) is 12.9 Å². The van der Waals surface area contributed by atoms with E-state index >= 15 is 0 Å². The third-order valence-corrected chi connectivity index (χ3v) is 3.32. The Kier molecular flexibility index (Phi) is 2.55. The number of rotatable bonds is 2. The predicted molar refractivity (Wildman–Crippen MR) is 63.1 cm³/mol. The molecule has 0 saturated heterocycles. The van der Waals surface area contributed by atoms with Crippen molar-refractivity contribution >= 4 is 21.6 Å². The Morgan fingerprint density at radius 2 is 2.21 bits per heavy atom. The molecular weight excluding hydrogens is 190 g/mol. The molecule has 14 heavy (non-hydrogen) atoms. The van der Waals surface area contributed by atoms with Crippen LogP contribution in [0.15, 0.2) is 17.5 Å². The molecule has 0 radical (unpaired) electrons. The van der Waals surface area contributed by atoms with Gasteiger partial charge in [0.2, 0.25) is 0 Å². The SMILES string of the molecule is CCc1cc(C(C)C)nc2sccc12. The summed E-state index contributed by atoms with van der Waals surface area (Å²) in [5, 5.41) is 3.46. The molecule has 2 aromatic heterocycles. The van der Waals surface area contributed by atoms with Gasteiger partial charge in [-0.1, -0.05) is 20.8 Å². The van der Waals surface area contributed by atoms with Crippen molar-refractivity contribution in [2.24, 2.45) is 0 Å². The fourth-order valence-electron chi connectivity index (χ4n) is 1.63. The van der Waals surface area contributed by atoms with E-state index in [9.17, 15) is 0 Å². The first-order valence-electron chi connectivity index (χ1n) is 5.09. The Morgan fingerprint density at radius 1 is 1.43 bits per heavy atom. The smallest absolute Gasteiger partial charge is 0.123 e. The van der Waals surface area contributed by atoms with Gasteiger partial charge in [0, 0.05) is 11.1 Å². The van der Waals surface area contributed by atoms with Gasteiger partial charge in [0.15, 0.2) is 0 Å². The van der Waals surface area contributed by atoms with Gasteiger partial charge >= 0.3 is 0 Å². The molecule has 2 aromatic rings. The van der Waals surface area contributed by atoms with Crippen LogP contribution in [0.5, 0.6) is 0 Å². The van der Waals surface area contributed by atoms with E-state index in [2.05, 4.69) is 43.3 Å². The number of nitrogens with zero attached hydrogens (tertiary/aromatic N) is 1. The van der Waals surface area contributed by atoms with Gasteiger partial charge < -0.3 is 0 Å². The predicted octanol–water partition coefficient (Wildman–Crippen LogP) is 3.98. The van der Waals surface area contributed by atoms with Gasteiger partial charge in [-0.25, -0.2) is 4.98 Å².